The first-order chi connectivity index (χ1) is 16.8. The molecule has 0 aliphatic heterocycles. The van der Waals surface area contributed by atoms with E-state index in [1.807, 2.05) is 0 Å². The zero-order chi connectivity index (χ0) is 27.4. The maximum atomic E-state index is 12.0. The highest BCUT2D eigenvalue weighted by Crippen LogP contribution is 2.24. The quantitative estimate of drug-likeness (QED) is 0.230. The van der Waals surface area contributed by atoms with Crippen LogP contribution in [0, 0.1) is 0 Å². The van der Waals surface area contributed by atoms with E-state index in [0.717, 1.165) is 34.6 Å². The monoisotopic (exact) mass is 510 g/mol. The molecule has 0 amide bonds. The fourth-order valence-electron chi connectivity index (χ4n) is 3.43. The van der Waals surface area contributed by atoms with E-state index in [-0.39, 0.29) is 24.2 Å². The highest BCUT2D eigenvalue weighted by molar-refractivity contribution is 5.76. The Balaban J connectivity index is 3.45. The molecule has 0 fully saturated rings. The minimum atomic E-state index is -1.53. The van der Waals surface area contributed by atoms with E-state index < -0.39 is 60.9 Å². The lowest BCUT2D eigenvalue weighted by Crippen LogP contribution is -2.53. The number of hydrogen-bond acceptors (Lipinski definition) is 12. The summed E-state index contributed by atoms with van der Waals surface area (Å²) in [6.45, 7) is 4.87. The molecule has 0 unspecified atom stereocenters. The van der Waals surface area contributed by atoms with E-state index in [0.29, 0.717) is 11.8 Å². The molecule has 1 aromatic rings. The summed E-state index contributed by atoms with van der Waals surface area (Å²) in [6, 6.07) is 4.16. The molecule has 1 rings (SSSR count). The molecule has 36 heavy (non-hydrogen) atoms. The Bertz CT molecular complexity index is 970. The number of carbonyl (C=O) groups is 6. The average Bonchev–Trinajstić information content (AvgIpc) is 2.75. The van der Waals surface area contributed by atoms with Gasteiger partial charge >= 0.3 is 29.8 Å². The van der Waals surface area contributed by atoms with Crippen LogP contribution in [0.4, 0.5) is 0 Å². The van der Waals surface area contributed by atoms with Gasteiger partial charge in [0.05, 0.1) is 0 Å². The molecule has 0 bridgehead atoms. The first-order valence-electron chi connectivity index (χ1n) is 10.9. The molecule has 0 radical (unpaired) electrons. The van der Waals surface area contributed by atoms with Gasteiger partial charge in [-0.1, -0.05) is 0 Å². The van der Waals surface area contributed by atoms with Gasteiger partial charge in [-0.3, -0.25) is 28.8 Å². The Labute approximate surface area is 207 Å². The highest BCUT2D eigenvalue weighted by atomic mass is 16.6. The molecule has 0 saturated carbocycles. The Kier molecular flexibility index (Phi) is 12.1. The van der Waals surface area contributed by atoms with Crippen LogP contribution in [0.2, 0.25) is 0 Å². The number of aromatic hydroxyl groups is 1. The summed E-state index contributed by atoms with van der Waals surface area (Å²) in [4.78, 5) is 70.0. The van der Waals surface area contributed by atoms with E-state index >= 15 is 0 Å². The number of rotatable bonds is 13. The number of benzene rings is 1. The first kappa shape index (κ1) is 30.1. The van der Waals surface area contributed by atoms with Gasteiger partial charge in [0.25, 0.3) is 0 Å². The minimum absolute atomic E-state index is 0.0304. The van der Waals surface area contributed by atoms with Crippen molar-refractivity contribution in [2.24, 2.45) is 0 Å². The van der Waals surface area contributed by atoms with Crippen LogP contribution in [0.1, 0.15) is 57.0 Å². The molecule has 0 spiro atoms. The summed E-state index contributed by atoms with van der Waals surface area (Å²) in [5.41, 5.74) is 0.705. The third-order valence-electron chi connectivity index (χ3n) is 4.60. The van der Waals surface area contributed by atoms with Gasteiger partial charge in [0.15, 0.2) is 18.3 Å². The van der Waals surface area contributed by atoms with Crippen molar-refractivity contribution in [1.82, 2.24) is 0 Å². The smallest absolute Gasteiger partial charge is 0.303 e. The summed E-state index contributed by atoms with van der Waals surface area (Å²) in [5.74, 6) is -4.12. The third-order valence-corrected chi connectivity index (χ3v) is 4.60. The van der Waals surface area contributed by atoms with E-state index in [9.17, 15) is 33.9 Å². The Morgan fingerprint density at radius 2 is 1.25 bits per heavy atom. The molecule has 12 nitrogen and oxygen atoms in total. The van der Waals surface area contributed by atoms with E-state index in [4.69, 9.17) is 23.7 Å². The van der Waals surface area contributed by atoms with Crippen molar-refractivity contribution in [3.8, 4) is 5.75 Å². The molecular formula is C24H30O12. The largest absolute Gasteiger partial charge is 0.508 e. The zero-order valence-electron chi connectivity index (χ0n) is 20.7. The number of aryl methyl sites for hydroxylation is 1. The zero-order valence-corrected chi connectivity index (χ0v) is 20.7. The van der Waals surface area contributed by atoms with E-state index in [1.54, 1.807) is 0 Å². The summed E-state index contributed by atoms with van der Waals surface area (Å²) in [7, 11) is 0. The van der Waals surface area contributed by atoms with Crippen molar-refractivity contribution < 1.29 is 57.6 Å². The maximum Gasteiger partial charge on any atom is 0.303 e. The van der Waals surface area contributed by atoms with Crippen molar-refractivity contribution in [2.45, 2.75) is 71.9 Å². The molecule has 198 valence electrons. The van der Waals surface area contributed by atoms with Crippen LogP contribution < -0.4 is 0 Å². The van der Waals surface area contributed by atoms with Crippen LogP contribution in [0.15, 0.2) is 18.2 Å². The molecule has 0 aliphatic rings. The number of phenols is 1. The van der Waals surface area contributed by atoms with Gasteiger partial charge in [0, 0.05) is 40.2 Å². The SMILES string of the molecule is CC(=O)OC[C@@H](OC(C)=O)[C@H](OC(C)=O)[C@H](OC(C)=O)[C@H](CCc1cc(O)cc(C=O)c1)OC(C)=O. The van der Waals surface area contributed by atoms with Gasteiger partial charge in [-0.25, -0.2) is 0 Å². The number of phenolic OH excluding ortho intramolecular Hbond substituents is 1. The summed E-state index contributed by atoms with van der Waals surface area (Å²) in [6.07, 6.45) is -5.04. The second-order valence-electron chi connectivity index (χ2n) is 7.84. The molecule has 12 heteroatoms. The van der Waals surface area contributed by atoms with Crippen LogP contribution >= 0.6 is 0 Å². The van der Waals surface area contributed by atoms with Crippen LogP contribution in [0.3, 0.4) is 0 Å². The van der Waals surface area contributed by atoms with Crippen molar-refractivity contribution in [3.63, 3.8) is 0 Å². The maximum absolute atomic E-state index is 12.0. The van der Waals surface area contributed by atoms with Gasteiger partial charge in [0.1, 0.15) is 24.7 Å². The van der Waals surface area contributed by atoms with Gasteiger partial charge in [-0.05, 0) is 36.6 Å². The summed E-state index contributed by atoms with van der Waals surface area (Å²) < 4.78 is 26.2. The number of aldehydes is 1. The van der Waals surface area contributed by atoms with E-state index in [1.165, 1.54) is 18.2 Å². The van der Waals surface area contributed by atoms with Crippen molar-refractivity contribution in [1.29, 1.82) is 0 Å². The lowest BCUT2D eigenvalue weighted by Gasteiger charge is -2.35. The third kappa shape index (κ3) is 11.0. The minimum Gasteiger partial charge on any atom is -0.508 e. The van der Waals surface area contributed by atoms with Crippen molar-refractivity contribution >= 4 is 36.1 Å². The molecular weight excluding hydrogens is 480 g/mol. The Hall–Kier alpha value is -3.96. The number of esters is 5. The molecule has 0 aromatic heterocycles. The number of ether oxygens (including phenoxy) is 5. The number of carbonyl (C=O) groups excluding carboxylic acids is 6. The standard InChI is InChI=1S/C24H30O12/c1-13(26)32-12-22(34-15(3)28)24(36-17(5)30)23(35-16(4)29)21(33-14(2)27)7-6-18-8-19(11-25)10-20(31)9-18/h8-11,21-24,31H,6-7,12H2,1-5H3/t21-,22+,23+,24-/m0/s1. The Morgan fingerprint density at radius 3 is 1.72 bits per heavy atom. The van der Waals surface area contributed by atoms with Crippen LogP contribution in [-0.4, -0.2) is 72.3 Å². The summed E-state index contributed by atoms with van der Waals surface area (Å²) >= 11 is 0. The van der Waals surface area contributed by atoms with Crippen LogP contribution in [0.5, 0.6) is 5.75 Å². The Morgan fingerprint density at radius 1 is 0.750 bits per heavy atom. The lowest BCUT2D eigenvalue weighted by molar-refractivity contribution is -0.203. The normalized spacial score (nSPS) is 13.8. The molecule has 0 aliphatic carbocycles. The molecule has 4 atom stereocenters. The number of hydrogen-bond donors (Lipinski definition) is 1. The first-order valence-corrected chi connectivity index (χ1v) is 10.9. The van der Waals surface area contributed by atoms with E-state index in [2.05, 4.69) is 0 Å². The van der Waals surface area contributed by atoms with Gasteiger partial charge in [-0.2, -0.15) is 0 Å². The second-order valence-corrected chi connectivity index (χ2v) is 7.84. The van der Waals surface area contributed by atoms with Gasteiger partial charge in [-0.15, -0.1) is 0 Å². The fourth-order valence-corrected chi connectivity index (χ4v) is 3.43. The van der Waals surface area contributed by atoms with Crippen molar-refractivity contribution in [3.05, 3.63) is 29.3 Å². The van der Waals surface area contributed by atoms with Gasteiger partial charge < -0.3 is 28.8 Å². The molecule has 0 saturated heterocycles. The summed E-state index contributed by atoms with van der Waals surface area (Å²) in [5, 5.41) is 9.85. The van der Waals surface area contributed by atoms with Crippen molar-refractivity contribution in [2.75, 3.05) is 6.61 Å². The van der Waals surface area contributed by atoms with Crippen LogP contribution in [-0.2, 0) is 54.1 Å². The fraction of sp³-hybridized carbons (Fsp3) is 0.500. The lowest BCUT2D eigenvalue weighted by atomic mass is 9.96. The van der Waals surface area contributed by atoms with Gasteiger partial charge in [0.2, 0.25) is 0 Å². The molecule has 1 aromatic carbocycles. The second kappa shape index (κ2) is 14.4. The topological polar surface area (TPSA) is 169 Å². The van der Waals surface area contributed by atoms with Crippen LogP contribution in [0.25, 0.3) is 0 Å². The molecule has 0 heterocycles. The average molecular weight is 510 g/mol. The highest BCUT2D eigenvalue weighted by Gasteiger charge is 2.43. The predicted molar refractivity (Wildman–Crippen MR) is 121 cm³/mol. The molecule has 1 N–H and O–H groups in total. The predicted octanol–water partition coefficient (Wildman–Crippen LogP) is 1.43.